The largest absolute Gasteiger partial charge is 0.479 e. The first kappa shape index (κ1) is 10.9. The van der Waals surface area contributed by atoms with Crippen molar-refractivity contribution in [3.05, 3.63) is 0 Å². The van der Waals surface area contributed by atoms with Crippen LogP contribution < -0.4 is 0 Å². The van der Waals surface area contributed by atoms with Crippen LogP contribution in [0.1, 0.15) is 20.3 Å². The smallest absolute Gasteiger partial charge is 0.347 e. The van der Waals surface area contributed by atoms with Crippen molar-refractivity contribution < 1.29 is 24.9 Å². The lowest BCUT2D eigenvalue weighted by Gasteiger charge is -2.19. The van der Waals surface area contributed by atoms with Crippen LogP contribution >= 0.6 is 0 Å². The van der Waals surface area contributed by atoms with Crippen molar-refractivity contribution in [3.63, 3.8) is 0 Å². The normalized spacial score (nSPS) is 11.7. The van der Waals surface area contributed by atoms with Gasteiger partial charge >= 0.3 is 11.9 Å². The zero-order valence-corrected chi connectivity index (χ0v) is 6.94. The first-order valence-electron chi connectivity index (χ1n) is 3.50. The molecule has 0 bridgehead atoms. The molecule has 0 saturated carbocycles. The molecule has 0 saturated heterocycles. The Morgan fingerprint density at radius 2 is 1.58 bits per heavy atom. The molecule has 0 aromatic heterocycles. The second-order valence-electron chi connectivity index (χ2n) is 3.07. The van der Waals surface area contributed by atoms with Crippen molar-refractivity contribution in [2.45, 2.75) is 25.9 Å². The zero-order valence-electron chi connectivity index (χ0n) is 6.94. The minimum Gasteiger partial charge on any atom is -0.479 e. The lowest BCUT2D eigenvalue weighted by atomic mass is 9.93. The van der Waals surface area contributed by atoms with Gasteiger partial charge in [0.15, 0.2) is 0 Å². The molecule has 0 radical (unpaired) electrons. The van der Waals surface area contributed by atoms with Gasteiger partial charge in [0.2, 0.25) is 0 Å². The molecular formula is C7H12O5. The summed E-state index contributed by atoms with van der Waals surface area (Å²) < 4.78 is 0. The third-order valence-corrected chi connectivity index (χ3v) is 1.41. The van der Waals surface area contributed by atoms with Crippen molar-refractivity contribution >= 4 is 11.9 Å². The van der Waals surface area contributed by atoms with Gasteiger partial charge in [-0.15, -0.1) is 0 Å². The summed E-state index contributed by atoms with van der Waals surface area (Å²) in [5, 5.41) is 26.0. The highest BCUT2D eigenvalue weighted by molar-refractivity contribution is 6.01. The molecule has 0 aliphatic carbocycles. The van der Waals surface area contributed by atoms with Gasteiger partial charge in [0.25, 0.3) is 5.60 Å². The van der Waals surface area contributed by atoms with E-state index < -0.39 is 17.5 Å². The number of aliphatic hydroxyl groups is 1. The summed E-state index contributed by atoms with van der Waals surface area (Å²) in [5.41, 5.74) is -2.64. The molecule has 0 unspecified atom stereocenters. The van der Waals surface area contributed by atoms with Gasteiger partial charge in [0.1, 0.15) is 0 Å². The van der Waals surface area contributed by atoms with Gasteiger partial charge in [-0.25, -0.2) is 9.59 Å². The number of carboxylic acids is 2. The number of hydrogen-bond acceptors (Lipinski definition) is 3. The third kappa shape index (κ3) is 2.20. The lowest BCUT2D eigenvalue weighted by Crippen LogP contribution is -2.47. The molecule has 0 heterocycles. The van der Waals surface area contributed by atoms with Crippen LogP contribution in [0.15, 0.2) is 0 Å². The maximum Gasteiger partial charge on any atom is 0.347 e. The summed E-state index contributed by atoms with van der Waals surface area (Å²) in [5.74, 6) is -3.63. The Balaban J connectivity index is 4.63. The Hall–Kier alpha value is -1.10. The molecule has 0 fully saturated rings. The Morgan fingerprint density at radius 3 is 1.67 bits per heavy atom. The van der Waals surface area contributed by atoms with E-state index in [-0.39, 0.29) is 12.3 Å². The van der Waals surface area contributed by atoms with Crippen molar-refractivity contribution in [2.75, 3.05) is 0 Å². The van der Waals surface area contributed by atoms with E-state index in [1.165, 1.54) is 0 Å². The van der Waals surface area contributed by atoms with E-state index in [2.05, 4.69) is 0 Å². The molecule has 0 aliphatic heterocycles. The van der Waals surface area contributed by atoms with Crippen LogP contribution in [-0.2, 0) is 9.59 Å². The van der Waals surface area contributed by atoms with Gasteiger partial charge < -0.3 is 15.3 Å². The van der Waals surface area contributed by atoms with Gasteiger partial charge in [-0.2, -0.15) is 0 Å². The molecule has 5 nitrogen and oxygen atoms in total. The van der Waals surface area contributed by atoms with Crippen LogP contribution in [0, 0.1) is 5.92 Å². The van der Waals surface area contributed by atoms with Crippen molar-refractivity contribution in [2.24, 2.45) is 5.92 Å². The molecule has 0 aromatic rings. The number of rotatable bonds is 4. The van der Waals surface area contributed by atoms with Gasteiger partial charge in [-0.1, -0.05) is 13.8 Å². The molecule has 3 N–H and O–H groups in total. The molecule has 0 amide bonds. The van der Waals surface area contributed by atoms with Gasteiger partial charge in [-0.05, 0) is 5.92 Å². The van der Waals surface area contributed by atoms with Crippen molar-refractivity contribution in [1.29, 1.82) is 0 Å². The average Bonchev–Trinajstić information content (AvgIpc) is 1.84. The second kappa shape index (κ2) is 3.53. The number of hydrogen-bond donors (Lipinski definition) is 3. The quantitative estimate of drug-likeness (QED) is 0.521. The van der Waals surface area contributed by atoms with E-state index in [0.29, 0.717) is 0 Å². The first-order valence-corrected chi connectivity index (χ1v) is 3.50. The topological polar surface area (TPSA) is 94.8 Å². The summed E-state index contributed by atoms with van der Waals surface area (Å²) in [6.45, 7) is 3.27. The maximum absolute atomic E-state index is 10.4. The van der Waals surface area contributed by atoms with Crippen LogP contribution in [0.25, 0.3) is 0 Å². The van der Waals surface area contributed by atoms with Gasteiger partial charge in [-0.3, -0.25) is 0 Å². The van der Waals surface area contributed by atoms with Gasteiger partial charge in [0, 0.05) is 6.42 Å². The van der Waals surface area contributed by atoms with E-state index in [1.54, 1.807) is 13.8 Å². The molecule has 0 spiro atoms. The van der Waals surface area contributed by atoms with Crippen LogP contribution in [0.5, 0.6) is 0 Å². The van der Waals surface area contributed by atoms with E-state index in [4.69, 9.17) is 15.3 Å². The molecule has 0 aromatic carbocycles. The van der Waals surface area contributed by atoms with Crippen LogP contribution in [0.4, 0.5) is 0 Å². The average molecular weight is 176 g/mol. The molecular weight excluding hydrogens is 164 g/mol. The summed E-state index contributed by atoms with van der Waals surface area (Å²) in [6.07, 6.45) is -0.294. The van der Waals surface area contributed by atoms with Crippen molar-refractivity contribution in [1.82, 2.24) is 0 Å². The summed E-state index contributed by atoms with van der Waals surface area (Å²) >= 11 is 0. The van der Waals surface area contributed by atoms with Gasteiger partial charge in [0.05, 0.1) is 0 Å². The summed E-state index contributed by atoms with van der Waals surface area (Å²) in [7, 11) is 0. The fourth-order valence-electron chi connectivity index (χ4n) is 0.857. The Morgan fingerprint density at radius 1 is 1.25 bits per heavy atom. The highest BCUT2D eigenvalue weighted by atomic mass is 16.4. The minimum absolute atomic E-state index is 0.192. The monoisotopic (exact) mass is 176 g/mol. The van der Waals surface area contributed by atoms with E-state index in [0.717, 1.165) is 0 Å². The second-order valence-corrected chi connectivity index (χ2v) is 3.07. The number of carbonyl (C=O) groups is 2. The highest BCUT2D eigenvalue weighted by Crippen LogP contribution is 2.17. The lowest BCUT2D eigenvalue weighted by molar-refractivity contribution is -0.177. The van der Waals surface area contributed by atoms with E-state index in [9.17, 15) is 9.59 Å². The third-order valence-electron chi connectivity index (χ3n) is 1.41. The number of aliphatic carboxylic acids is 2. The van der Waals surface area contributed by atoms with Crippen LogP contribution in [-0.4, -0.2) is 32.9 Å². The van der Waals surface area contributed by atoms with E-state index in [1.807, 2.05) is 0 Å². The predicted octanol–water partition coefficient (Wildman–Crippen LogP) is -0.0672. The first-order chi connectivity index (χ1) is 5.30. The SMILES string of the molecule is CC(C)CC(O)(C(=O)O)C(=O)O. The number of carboxylic acid groups (broad SMARTS) is 2. The van der Waals surface area contributed by atoms with Crippen LogP contribution in [0.2, 0.25) is 0 Å². The molecule has 0 rings (SSSR count). The maximum atomic E-state index is 10.4. The zero-order chi connectivity index (χ0) is 9.94. The molecule has 70 valence electrons. The highest BCUT2D eigenvalue weighted by Gasteiger charge is 2.44. The summed E-state index contributed by atoms with van der Waals surface area (Å²) in [4.78, 5) is 20.7. The molecule has 0 aliphatic rings. The molecule has 0 atom stereocenters. The fourth-order valence-corrected chi connectivity index (χ4v) is 0.857. The van der Waals surface area contributed by atoms with Crippen molar-refractivity contribution in [3.8, 4) is 0 Å². The Labute approximate surface area is 69.6 Å². The molecule has 5 heteroatoms. The van der Waals surface area contributed by atoms with Crippen LogP contribution in [0.3, 0.4) is 0 Å². The van der Waals surface area contributed by atoms with E-state index >= 15 is 0 Å². The summed E-state index contributed by atoms with van der Waals surface area (Å²) in [6, 6.07) is 0. The predicted molar refractivity (Wildman–Crippen MR) is 39.7 cm³/mol. The Kier molecular flexibility index (Phi) is 3.21. The molecule has 12 heavy (non-hydrogen) atoms. The standard InChI is InChI=1S/C7H12O5/c1-4(2)3-7(12,5(8)9)6(10)11/h4,12H,3H2,1-2H3,(H,8,9)(H,10,11). The minimum atomic E-state index is -2.64. The fraction of sp³-hybridized carbons (Fsp3) is 0.714. The Bertz CT molecular complexity index is 182.